The largest absolute Gasteiger partial charge is 0.276 e. The number of aromatic nitrogens is 2. The third-order valence-corrected chi connectivity index (χ3v) is 2.79. The number of nitrogens with one attached hydrogen (secondary N) is 1. The summed E-state index contributed by atoms with van der Waals surface area (Å²) in [5.74, 6) is 6.44. The Morgan fingerprint density at radius 3 is 3.00 bits per heavy atom. The molecule has 1 aromatic heterocycles. The fourth-order valence-corrected chi connectivity index (χ4v) is 1.83. The van der Waals surface area contributed by atoms with Crippen molar-refractivity contribution in [1.29, 1.82) is 0 Å². The molecule has 14 heavy (non-hydrogen) atoms. The van der Waals surface area contributed by atoms with Gasteiger partial charge in [0, 0.05) is 19.3 Å². The Morgan fingerprint density at radius 2 is 2.50 bits per heavy atom. The van der Waals surface area contributed by atoms with Crippen LogP contribution in [0.2, 0.25) is 0 Å². The van der Waals surface area contributed by atoms with E-state index in [0.717, 1.165) is 12.3 Å². The van der Waals surface area contributed by atoms with E-state index in [1.807, 2.05) is 17.9 Å². The average molecular weight is 194 g/mol. The molecule has 0 radical (unpaired) electrons. The fourth-order valence-electron chi connectivity index (χ4n) is 1.83. The predicted molar refractivity (Wildman–Crippen MR) is 55.4 cm³/mol. The third kappa shape index (κ3) is 2.56. The molecule has 1 aliphatic carbocycles. The van der Waals surface area contributed by atoms with Gasteiger partial charge in [0.05, 0.1) is 6.20 Å². The fraction of sp³-hybridized carbons (Fsp3) is 0.700. The standard InChI is InChI=1S/C10H18N4/c1-14-7-9(6-12-14)5-10(13-11)4-8-2-3-8/h6-8,10,13H,2-5,11H2,1H3. The van der Waals surface area contributed by atoms with Crippen LogP contribution in [0.25, 0.3) is 0 Å². The molecule has 78 valence electrons. The maximum absolute atomic E-state index is 5.53. The van der Waals surface area contributed by atoms with Gasteiger partial charge in [-0.2, -0.15) is 5.10 Å². The molecule has 0 amide bonds. The normalized spacial score (nSPS) is 18.4. The van der Waals surface area contributed by atoms with E-state index in [4.69, 9.17) is 5.84 Å². The van der Waals surface area contributed by atoms with E-state index < -0.39 is 0 Å². The van der Waals surface area contributed by atoms with E-state index >= 15 is 0 Å². The van der Waals surface area contributed by atoms with Crippen molar-refractivity contribution in [3.8, 4) is 0 Å². The highest BCUT2D eigenvalue weighted by atomic mass is 15.2. The molecule has 4 nitrogen and oxygen atoms in total. The van der Waals surface area contributed by atoms with Crippen LogP contribution in [0.1, 0.15) is 24.8 Å². The van der Waals surface area contributed by atoms with Gasteiger partial charge in [-0.15, -0.1) is 0 Å². The van der Waals surface area contributed by atoms with Crippen molar-refractivity contribution < 1.29 is 0 Å². The molecule has 4 heteroatoms. The molecule has 1 aromatic rings. The first kappa shape index (κ1) is 9.68. The summed E-state index contributed by atoms with van der Waals surface area (Å²) in [5, 5.41) is 4.15. The van der Waals surface area contributed by atoms with Crippen molar-refractivity contribution >= 4 is 0 Å². The maximum Gasteiger partial charge on any atom is 0.0522 e. The zero-order chi connectivity index (χ0) is 9.97. The zero-order valence-electron chi connectivity index (χ0n) is 8.61. The van der Waals surface area contributed by atoms with Gasteiger partial charge in [0.2, 0.25) is 0 Å². The van der Waals surface area contributed by atoms with Crippen LogP contribution in [0.5, 0.6) is 0 Å². The predicted octanol–water partition coefficient (Wildman–Crippen LogP) is 0.595. The maximum atomic E-state index is 5.53. The van der Waals surface area contributed by atoms with E-state index in [0.29, 0.717) is 6.04 Å². The molecule has 0 aromatic carbocycles. The molecule has 0 saturated heterocycles. The van der Waals surface area contributed by atoms with Crippen LogP contribution in [-0.2, 0) is 13.5 Å². The lowest BCUT2D eigenvalue weighted by Gasteiger charge is -2.13. The first-order valence-electron chi connectivity index (χ1n) is 5.21. The van der Waals surface area contributed by atoms with Gasteiger partial charge >= 0.3 is 0 Å². The van der Waals surface area contributed by atoms with E-state index in [9.17, 15) is 0 Å². The number of nitrogens with zero attached hydrogens (tertiary/aromatic N) is 2. The monoisotopic (exact) mass is 194 g/mol. The second-order valence-corrected chi connectivity index (χ2v) is 4.27. The van der Waals surface area contributed by atoms with Crippen LogP contribution in [0.15, 0.2) is 12.4 Å². The summed E-state index contributed by atoms with van der Waals surface area (Å²) in [5.41, 5.74) is 4.15. The average Bonchev–Trinajstić information content (AvgIpc) is 2.89. The van der Waals surface area contributed by atoms with Gasteiger partial charge in [-0.3, -0.25) is 16.0 Å². The summed E-state index contributed by atoms with van der Waals surface area (Å²) >= 11 is 0. The lowest BCUT2D eigenvalue weighted by molar-refractivity contribution is 0.466. The van der Waals surface area contributed by atoms with Crippen LogP contribution in [0.3, 0.4) is 0 Å². The van der Waals surface area contributed by atoms with Crippen LogP contribution in [0, 0.1) is 5.92 Å². The van der Waals surface area contributed by atoms with Gasteiger partial charge in [0.1, 0.15) is 0 Å². The minimum absolute atomic E-state index is 0.409. The molecule has 1 atom stereocenters. The van der Waals surface area contributed by atoms with Gasteiger partial charge in [0.25, 0.3) is 0 Å². The molecule has 3 N–H and O–H groups in total. The molecule has 0 aliphatic heterocycles. The summed E-state index contributed by atoms with van der Waals surface area (Å²) in [6, 6.07) is 0.409. The number of hydrazine groups is 1. The summed E-state index contributed by atoms with van der Waals surface area (Å²) in [7, 11) is 1.94. The molecular formula is C10H18N4. The lowest BCUT2D eigenvalue weighted by atomic mass is 10.0. The Morgan fingerprint density at radius 1 is 1.71 bits per heavy atom. The highest BCUT2D eigenvalue weighted by Gasteiger charge is 2.25. The molecule has 1 saturated carbocycles. The molecule has 1 fully saturated rings. The second-order valence-electron chi connectivity index (χ2n) is 4.27. The van der Waals surface area contributed by atoms with Crippen LogP contribution in [0.4, 0.5) is 0 Å². The SMILES string of the molecule is Cn1cc(CC(CC2CC2)NN)cn1. The Hall–Kier alpha value is -0.870. The summed E-state index contributed by atoms with van der Waals surface area (Å²) < 4.78 is 1.83. The zero-order valence-corrected chi connectivity index (χ0v) is 8.61. The van der Waals surface area contributed by atoms with E-state index in [1.54, 1.807) is 0 Å². The molecule has 0 spiro atoms. The van der Waals surface area contributed by atoms with E-state index in [2.05, 4.69) is 16.7 Å². The molecule has 2 rings (SSSR count). The topological polar surface area (TPSA) is 55.9 Å². The van der Waals surface area contributed by atoms with Gasteiger partial charge in [-0.25, -0.2) is 0 Å². The number of hydrogen-bond donors (Lipinski definition) is 2. The smallest absolute Gasteiger partial charge is 0.0522 e. The van der Waals surface area contributed by atoms with E-state index in [-0.39, 0.29) is 0 Å². The molecule has 1 aliphatic rings. The molecule has 1 heterocycles. The van der Waals surface area contributed by atoms with Crippen molar-refractivity contribution in [2.24, 2.45) is 18.8 Å². The number of aryl methyl sites for hydroxylation is 1. The molecular weight excluding hydrogens is 176 g/mol. The number of hydrogen-bond acceptors (Lipinski definition) is 3. The van der Waals surface area contributed by atoms with Gasteiger partial charge in [0.15, 0.2) is 0 Å². The Kier molecular flexibility index (Phi) is 2.84. The van der Waals surface area contributed by atoms with Gasteiger partial charge in [-0.05, 0) is 24.3 Å². The van der Waals surface area contributed by atoms with Crippen LogP contribution < -0.4 is 11.3 Å². The highest BCUT2D eigenvalue weighted by Crippen LogP contribution is 2.33. The lowest BCUT2D eigenvalue weighted by Crippen LogP contribution is -2.37. The second kappa shape index (κ2) is 4.11. The van der Waals surface area contributed by atoms with Crippen LogP contribution >= 0.6 is 0 Å². The summed E-state index contributed by atoms with van der Waals surface area (Å²) in [6.45, 7) is 0. The minimum atomic E-state index is 0.409. The molecule has 1 unspecified atom stereocenters. The van der Waals surface area contributed by atoms with E-state index in [1.165, 1.54) is 24.8 Å². The number of nitrogens with two attached hydrogens (primary N) is 1. The van der Waals surface area contributed by atoms with Gasteiger partial charge in [-0.1, -0.05) is 12.8 Å². The summed E-state index contributed by atoms with van der Waals surface area (Å²) in [4.78, 5) is 0. The van der Waals surface area contributed by atoms with Crippen molar-refractivity contribution in [3.63, 3.8) is 0 Å². The first-order chi connectivity index (χ1) is 6.78. The minimum Gasteiger partial charge on any atom is -0.276 e. The Balaban J connectivity index is 1.86. The Labute approximate surface area is 84.4 Å². The molecule has 0 bridgehead atoms. The van der Waals surface area contributed by atoms with Crippen molar-refractivity contribution in [2.45, 2.75) is 31.7 Å². The van der Waals surface area contributed by atoms with Crippen molar-refractivity contribution in [2.75, 3.05) is 0 Å². The van der Waals surface area contributed by atoms with Crippen LogP contribution in [-0.4, -0.2) is 15.8 Å². The first-order valence-corrected chi connectivity index (χ1v) is 5.21. The Bertz CT molecular complexity index is 290. The van der Waals surface area contributed by atoms with Crippen molar-refractivity contribution in [1.82, 2.24) is 15.2 Å². The van der Waals surface area contributed by atoms with Crippen molar-refractivity contribution in [3.05, 3.63) is 18.0 Å². The highest BCUT2D eigenvalue weighted by molar-refractivity contribution is 5.06. The quantitative estimate of drug-likeness (QED) is 0.533. The summed E-state index contributed by atoms with van der Waals surface area (Å²) in [6.07, 6.45) is 8.91. The number of rotatable bonds is 5. The third-order valence-electron chi connectivity index (χ3n) is 2.79. The van der Waals surface area contributed by atoms with Gasteiger partial charge < -0.3 is 0 Å².